The van der Waals surface area contributed by atoms with Crippen molar-refractivity contribution >= 4 is 24.1 Å². The number of nitrogens with zero attached hydrogens (tertiary/aromatic N) is 4. The molecule has 5 nitrogen and oxygen atoms in total. The van der Waals surface area contributed by atoms with Crippen LogP contribution in [-0.4, -0.2) is 53.4 Å². The Morgan fingerprint density at radius 3 is 2.44 bits per heavy atom. The summed E-state index contributed by atoms with van der Waals surface area (Å²) in [5.74, 6) is 1.19. The molecule has 1 fully saturated rings. The summed E-state index contributed by atoms with van der Waals surface area (Å²) in [7, 11) is 0. The highest BCUT2D eigenvalue weighted by Gasteiger charge is 2.39. The van der Waals surface area contributed by atoms with Gasteiger partial charge in [0.25, 0.3) is 5.91 Å². The van der Waals surface area contributed by atoms with Crippen LogP contribution in [0.4, 0.5) is 5.82 Å². The lowest BCUT2D eigenvalue weighted by molar-refractivity contribution is 0.0394. The van der Waals surface area contributed by atoms with Crippen molar-refractivity contribution in [1.29, 1.82) is 0 Å². The number of hydrogen-bond donors (Lipinski definition) is 0. The fraction of sp³-hybridized carbons (Fsp3) is 0.368. The summed E-state index contributed by atoms with van der Waals surface area (Å²) in [4.78, 5) is 23.8. The van der Waals surface area contributed by atoms with Crippen LogP contribution in [-0.2, 0) is 0 Å². The monoisotopic (exact) mass is 358 g/mol. The molecule has 1 aromatic carbocycles. The predicted octanol–water partition coefficient (Wildman–Crippen LogP) is 2.80. The molecule has 132 valence electrons. The minimum Gasteiger partial charge on any atom is -0.354 e. The molecule has 0 radical (unpaired) electrons. The number of rotatable bonds is 3. The maximum absolute atomic E-state index is 12.6. The highest BCUT2D eigenvalue weighted by molar-refractivity contribution is 5.99. The van der Waals surface area contributed by atoms with Crippen LogP contribution in [0.25, 0.3) is 0 Å². The maximum atomic E-state index is 12.6. The van der Waals surface area contributed by atoms with E-state index in [1.165, 1.54) is 0 Å². The highest BCUT2D eigenvalue weighted by atomic mass is 35.5. The smallest absolute Gasteiger partial charge is 0.255 e. The third-order valence-electron chi connectivity index (χ3n) is 5.00. The van der Waals surface area contributed by atoms with Gasteiger partial charge in [-0.3, -0.25) is 9.69 Å². The van der Waals surface area contributed by atoms with Crippen molar-refractivity contribution in [1.82, 2.24) is 14.8 Å². The first-order chi connectivity index (χ1) is 11.8. The van der Waals surface area contributed by atoms with E-state index < -0.39 is 0 Å². The average molecular weight is 359 g/mol. The molecule has 1 atom stereocenters. The van der Waals surface area contributed by atoms with Crippen LogP contribution in [0.3, 0.4) is 0 Å². The molecular formula is C19H23ClN4O. The zero-order valence-electron chi connectivity index (χ0n) is 14.3. The summed E-state index contributed by atoms with van der Waals surface area (Å²) < 4.78 is 0. The molecule has 2 aromatic rings. The zero-order valence-corrected chi connectivity index (χ0v) is 15.2. The molecule has 0 saturated carbocycles. The van der Waals surface area contributed by atoms with Gasteiger partial charge in [0, 0.05) is 50.0 Å². The minimum atomic E-state index is 0. The topological polar surface area (TPSA) is 39.7 Å². The Balaban J connectivity index is 0.00000182. The lowest BCUT2D eigenvalue weighted by atomic mass is 10.1. The molecular weight excluding hydrogens is 336 g/mol. The van der Waals surface area contributed by atoms with Crippen LogP contribution in [0.15, 0.2) is 48.7 Å². The van der Waals surface area contributed by atoms with Crippen LogP contribution in [0, 0.1) is 0 Å². The van der Waals surface area contributed by atoms with Gasteiger partial charge in [-0.15, -0.1) is 12.4 Å². The molecule has 0 bridgehead atoms. The third kappa shape index (κ3) is 3.10. The normalized spacial score (nSPS) is 20.4. The number of carbonyl (C=O) groups is 1. The number of hydrogen-bond acceptors (Lipinski definition) is 4. The second-order valence-electron chi connectivity index (χ2n) is 6.26. The molecule has 1 saturated heterocycles. The lowest BCUT2D eigenvalue weighted by Crippen LogP contribution is -2.51. The van der Waals surface area contributed by atoms with E-state index in [1.807, 2.05) is 41.4 Å². The molecule has 2 aliphatic rings. The summed E-state index contributed by atoms with van der Waals surface area (Å²) in [5, 5.41) is 0. The molecule has 3 heterocycles. The SMILES string of the molecule is CCN1C(=O)c2ccccc2C1N1CCN(c2ccccn2)CC1.Cl. The second-order valence-corrected chi connectivity index (χ2v) is 6.26. The van der Waals surface area contributed by atoms with E-state index in [0.717, 1.165) is 49.7 Å². The van der Waals surface area contributed by atoms with E-state index in [-0.39, 0.29) is 24.5 Å². The van der Waals surface area contributed by atoms with Crippen molar-refractivity contribution in [2.75, 3.05) is 37.6 Å². The standard InChI is InChI=1S/C19H22N4O.ClH/c1-2-23-18(15-7-3-4-8-16(15)19(23)24)22-13-11-21(12-14-22)17-9-5-6-10-20-17;/h3-10,18H,2,11-14H2,1H3;1H. The molecule has 4 rings (SSSR count). The van der Waals surface area contributed by atoms with E-state index in [2.05, 4.69) is 33.8 Å². The zero-order chi connectivity index (χ0) is 16.5. The van der Waals surface area contributed by atoms with Gasteiger partial charge < -0.3 is 9.80 Å². The summed E-state index contributed by atoms with van der Waals surface area (Å²) in [5.41, 5.74) is 2.01. The number of aromatic nitrogens is 1. The van der Waals surface area contributed by atoms with Crippen LogP contribution in [0.1, 0.15) is 29.0 Å². The predicted molar refractivity (Wildman–Crippen MR) is 101 cm³/mol. The quantitative estimate of drug-likeness (QED) is 0.845. The van der Waals surface area contributed by atoms with Crippen molar-refractivity contribution in [3.8, 4) is 0 Å². The fourth-order valence-electron chi connectivity index (χ4n) is 3.80. The molecule has 0 aliphatic carbocycles. The Morgan fingerprint density at radius 2 is 1.76 bits per heavy atom. The molecule has 1 aromatic heterocycles. The van der Waals surface area contributed by atoms with E-state index in [1.54, 1.807) is 0 Å². The van der Waals surface area contributed by atoms with Gasteiger partial charge >= 0.3 is 0 Å². The van der Waals surface area contributed by atoms with Crippen molar-refractivity contribution in [3.05, 3.63) is 59.8 Å². The van der Waals surface area contributed by atoms with Crippen LogP contribution in [0.5, 0.6) is 0 Å². The van der Waals surface area contributed by atoms with Crippen LogP contribution < -0.4 is 4.90 Å². The van der Waals surface area contributed by atoms with Gasteiger partial charge in [0.2, 0.25) is 0 Å². The number of amides is 1. The van der Waals surface area contributed by atoms with Gasteiger partial charge in [-0.05, 0) is 25.1 Å². The number of benzene rings is 1. The van der Waals surface area contributed by atoms with Crippen molar-refractivity contribution in [3.63, 3.8) is 0 Å². The number of piperazine rings is 1. The van der Waals surface area contributed by atoms with Gasteiger partial charge in [0.1, 0.15) is 12.0 Å². The number of carbonyl (C=O) groups excluding carboxylic acids is 1. The largest absolute Gasteiger partial charge is 0.354 e. The fourth-order valence-corrected chi connectivity index (χ4v) is 3.80. The summed E-state index contributed by atoms with van der Waals surface area (Å²) in [6.07, 6.45) is 1.91. The Bertz CT molecular complexity index is 731. The van der Waals surface area contributed by atoms with Gasteiger partial charge in [-0.25, -0.2) is 4.98 Å². The Kier molecular flexibility index (Phi) is 5.25. The lowest BCUT2D eigenvalue weighted by Gasteiger charge is -2.41. The molecule has 0 spiro atoms. The average Bonchev–Trinajstić information content (AvgIpc) is 2.95. The molecule has 0 N–H and O–H groups in total. The Labute approximate surface area is 154 Å². The molecule has 2 aliphatic heterocycles. The van der Waals surface area contributed by atoms with E-state index in [9.17, 15) is 4.79 Å². The number of halogens is 1. The maximum Gasteiger partial charge on any atom is 0.255 e. The number of fused-ring (bicyclic) bond motifs is 1. The van der Waals surface area contributed by atoms with Crippen LogP contribution in [0.2, 0.25) is 0 Å². The molecule has 1 unspecified atom stereocenters. The van der Waals surface area contributed by atoms with Gasteiger partial charge in [0.05, 0.1) is 0 Å². The van der Waals surface area contributed by atoms with Gasteiger partial charge in [-0.2, -0.15) is 0 Å². The van der Waals surface area contributed by atoms with Gasteiger partial charge in [-0.1, -0.05) is 24.3 Å². The Hall–Kier alpha value is -2.11. The first kappa shape index (κ1) is 17.7. The van der Waals surface area contributed by atoms with Crippen molar-refractivity contribution in [2.24, 2.45) is 0 Å². The van der Waals surface area contributed by atoms with Crippen molar-refractivity contribution in [2.45, 2.75) is 13.1 Å². The first-order valence-electron chi connectivity index (χ1n) is 8.59. The first-order valence-corrected chi connectivity index (χ1v) is 8.59. The summed E-state index contributed by atoms with van der Waals surface area (Å²) >= 11 is 0. The Morgan fingerprint density at radius 1 is 1.04 bits per heavy atom. The second kappa shape index (κ2) is 7.42. The molecule has 25 heavy (non-hydrogen) atoms. The van der Waals surface area contributed by atoms with Crippen molar-refractivity contribution < 1.29 is 4.79 Å². The van der Waals surface area contributed by atoms with Crippen LogP contribution >= 0.6 is 12.4 Å². The summed E-state index contributed by atoms with van der Waals surface area (Å²) in [6.45, 7) is 6.51. The third-order valence-corrected chi connectivity index (χ3v) is 5.00. The number of pyridine rings is 1. The van der Waals surface area contributed by atoms with E-state index >= 15 is 0 Å². The highest BCUT2D eigenvalue weighted by Crippen LogP contribution is 2.36. The van der Waals surface area contributed by atoms with E-state index in [4.69, 9.17) is 0 Å². The minimum absolute atomic E-state index is 0. The summed E-state index contributed by atoms with van der Waals surface area (Å²) in [6, 6.07) is 14.1. The number of anilines is 1. The molecule has 1 amide bonds. The van der Waals surface area contributed by atoms with E-state index in [0.29, 0.717) is 0 Å². The van der Waals surface area contributed by atoms with Gasteiger partial charge in [0.15, 0.2) is 0 Å². The molecule has 6 heteroatoms.